The Hall–Kier alpha value is -2.80. The molecule has 0 fully saturated rings. The molecule has 2 aromatic heterocycles. The summed E-state index contributed by atoms with van der Waals surface area (Å²) < 4.78 is 9.86. The van der Waals surface area contributed by atoms with Crippen LogP contribution in [0.3, 0.4) is 0 Å². The number of nitrogens with zero attached hydrogens (tertiary/aromatic N) is 1. The number of carbonyl (C=O) groups is 3. The van der Waals surface area contributed by atoms with Crippen molar-refractivity contribution in [1.82, 2.24) is 4.98 Å². The number of hydrogen-bond acceptors (Lipinski definition) is 7. The minimum atomic E-state index is -0.704. The molecule has 0 radical (unpaired) electrons. The van der Waals surface area contributed by atoms with Crippen LogP contribution in [-0.4, -0.2) is 35.9 Å². The molecule has 25 heavy (non-hydrogen) atoms. The Morgan fingerprint density at radius 3 is 2.40 bits per heavy atom. The molecule has 0 bridgehead atoms. The summed E-state index contributed by atoms with van der Waals surface area (Å²) in [6, 6.07) is 5.00. The van der Waals surface area contributed by atoms with E-state index in [9.17, 15) is 14.4 Å². The van der Waals surface area contributed by atoms with Gasteiger partial charge in [-0.15, -0.1) is 11.3 Å². The molecule has 0 aliphatic rings. The first kappa shape index (κ1) is 18.5. The minimum absolute atomic E-state index is 0.0286. The highest BCUT2D eigenvalue weighted by atomic mass is 32.1. The van der Waals surface area contributed by atoms with E-state index >= 15 is 0 Å². The molecule has 2 heterocycles. The third-order valence-electron chi connectivity index (χ3n) is 3.09. The molecule has 0 N–H and O–H groups in total. The van der Waals surface area contributed by atoms with Crippen molar-refractivity contribution in [3.63, 3.8) is 0 Å². The van der Waals surface area contributed by atoms with Crippen LogP contribution < -0.4 is 0 Å². The van der Waals surface area contributed by atoms with Crippen molar-refractivity contribution in [1.29, 1.82) is 0 Å². The molecule has 0 saturated carbocycles. The van der Waals surface area contributed by atoms with Gasteiger partial charge in [0.25, 0.3) is 0 Å². The van der Waals surface area contributed by atoms with Gasteiger partial charge in [0.15, 0.2) is 0 Å². The number of aromatic nitrogens is 1. The number of thiophene rings is 1. The Labute approximate surface area is 149 Å². The standard InChI is InChI=1S/C18H17NO5S/c1-3-23-17(21)13-10-15(19-11-14(13)18(22)24-4-2)16(20)8-7-12-6-5-9-25-12/h5-11H,3-4H2,1-2H3/b8-7+. The van der Waals surface area contributed by atoms with Crippen molar-refractivity contribution in [2.24, 2.45) is 0 Å². The Kier molecular flexibility index (Phi) is 6.59. The van der Waals surface area contributed by atoms with E-state index in [4.69, 9.17) is 9.47 Å². The molecular weight excluding hydrogens is 342 g/mol. The van der Waals surface area contributed by atoms with E-state index in [0.717, 1.165) is 11.1 Å². The lowest BCUT2D eigenvalue weighted by Crippen LogP contribution is -2.16. The monoisotopic (exact) mass is 359 g/mol. The van der Waals surface area contributed by atoms with E-state index in [1.165, 1.54) is 23.5 Å². The quantitative estimate of drug-likeness (QED) is 0.428. The first-order valence-corrected chi connectivity index (χ1v) is 8.55. The van der Waals surface area contributed by atoms with Crippen LogP contribution in [0.4, 0.5) is 0 Å². The number of ether oxygens (including phenoxy) is 2. The SMILES string of the molecule is CCOC(=O)c1cnc(C(=O)/C=C/c2cccs2)cc1C(=O)OCC. The molecule has 6 nitrogen and oxygen atoms in total. The van der Waals surface area contributed by atoms with Gasteiger partial charge in [-0.2, -0.15) is 0 Å². The van der Waals surface area contributed by atoms with Crippen molar-refractivity contribution in [2.75, 3.05) is 13.2 Å². The third kappa shape index (κ3) is 4.84. The Morgan fingerprint density at radius 2 is 1.80 bits per heavy atom. The average Bonchev–Trinajstić information content (AvgIpc) is 3.13. The molecule has 0 aliphatic heterocycles. The lowest BCUT2D eigenvalue weighted by atomic mass is 10.1. The number of hydrogen-bond donors (Lipinski definition) is 0. The van der Waals surface area contributed by atoms with Gasteiger partial charge in [0.2, 0.25) is 5.78 Å². The number of ketones is 1. The summed E-state index contributed by atoms with van der Waals surface area (Å²) in [6.45, 7) is 3.61. The maximum absolute atomic E-state index is 12.3. The van der Waals surface area contributed by atoms with Crippen molar-refractivity contribution >= 4 is 35.1 Å². The van der Waals surface area contributed by atoms with Crippen molar-refractivity contribution in [2.45, 2.75) is 13.8 Å². The summed E-state index contributed by atoms with van der Waals surface area (Å²) in [4.78, 5) is 41.2. The maximum atomic E-state index is 12.3. The normalized spacial score (nSPS) is 10.6. The Bertz CT molecular complexity index is 796. The van der Waals surface area contributed by atoms with Crippen molar-refractivity contribution in [3.05, 3.63) is 57.6 Å². The number of pyridine rings is 1. The molecule has 0 aromatic carbocycles. The number of carbonyl (C=O) groups excluding carboxylic acids is 3. The molecule has 7 heteroatoms. The van der Waals surface area contributed by atoms with Gasteiger partial charge in [0.1, 0.15) is 5.69 Å². The van der Waals surface area contributed by atoms with E-state index in [2.05, 4.69) is 4.98 Å². The van der Waals surface area contributed by atoms with Crippen molar-refractivity contribution in [3.8, 4) is 0 Å². The fraction of sp³-hybridized carbons (Fsp3) is 0.222. The Morgan fingerprint density at radius 1 is 1.12 bits per heavy atom. The average molecular weight is 359 g/mol. The van der Waals surface area contributed by atoms with Gasteiger partial charge in [0, 0.05) is 11.1 Å². The van der Waals surface area contributed by atoms with Crippen LogP contribution in [0.2, 0.25) is 0 Å². The first-order chi connectivity index (χ1) is 12.1. The van der Waals surface area contributed by atoms with Crippen LogP contribution in [0.25, 0.3) is 6.08 Å². The lowest BCUT2D eigenvalue weighted by Gasteiger charge is -2.09. The summed E-state index contributed by atoms with van der Waals surface area (Å²) in [5.41, 5.74) is -0.0221. The fourth-order valence-corrected chi connectivity index (χ4v) is 2.59. The Balaban J connectivity index is 2.33. The molecule has 0 spiro atoms. The van der Waals surface area contributed by atoms with Gasteiger partial charge >= 0.3 is 11.9 Å². The second-order valence-corrected chi connectivity index (χ2v) is 5.75. The largest absolute Gasteiger partial charge is 0.462 e. The minimum Gasteiger partial charge on any atom is -0.462 e. The lowest BCUT2D eigenvalue weighted by molar-refractivity contribution is 0.0478. The second kappa shape index (κ2) is 8.89. The van der Waals surface area contributed by atoms with Crippen molar-refractivity contribution < 1.29 is 23.9 Å². The molecule has 2 aromatic rings. The zero-order chi connectivity index (χ0) is 18.2. The third-order valence-corrected chi connectivity index (χ3v) is 3.93. The van der Waals surface area contributed by atoms with Crippen LogP contribution in [0, 0.1) is 0 Å². The molecule has 130 valence electrons. The van der Waals surface area contributed by atoms with Crippen LogP contribution >= 0.6 is 11.3 Å². The van der Waals surface area contributed by atoms with E-state index < -0.39 is 11.9 Å². The highest BCUT2D eigenvalue weighted by Crippen LogP contribution is 2.15. The number of esters is 2. The van der Waals surface area contributed by atoms with Gasteiger partial charge < -0.3 is 9.47 Å². The van der Waals surface area contributed by atoms with E-state index in [-0.39, 0.29) is 35.8 Å². The summed E-state index contributed by atoms with van der Waals surface area (Å²) >= 11 is 1.49. The predicted octanol–water partition coefficient (Wildman–Crippen LogP) is 3.39. The molecule has 0 unspecified atom stereocenters. The molecule has 0 amide bonds. The molecular formula is C18H17NO5S. The molecule has 0 aliphatic carbocycles. The van der Waals surface area contributed by atoms with Gasteiger partial charge in [0.05, 0.1) is 24.3 Å². The molecule has 0 saturated heterocycles. The zero-order valence-electron chi connectivity index (χ0n) is 13.9. The van der Waals surface area contributed by atoms with Gasteiger partial charge in [-0.25, -0.2) is 9.59 Å². The summed E-state index contributed by atoms with van der Waals surface area (Å²) in [7, 11) is 0. The van der Waals surface area contributed by atoms with Crippen LogP contribution in [0.15, 0.2) is 35.9 Å². The predicted molar refractivity (Wildman–Crippen MR) is 93.8 cm³/mol. The zero-order valence-corrected chi connectivity index (χ0v) is 14.7. The highest BCUT2D eigenvalue weighted by molar-refractivity contribution is 7.10. The smallest absolute Gasteiger partial charge is 0.340 e. The molecule has 2 rings (SSSR count). The highest BCUT2D eigenvalue weighted by Gasteiger charge is 2.22. The van der Waals surface area contributed by atoms with E-state index in [1.807, 2.05) is 17.5 Å². The summed E-state index contributed by atoms with van der Waals surface area (Å²) in [5, 5.41) is 1.90. The van der Waals surface area contributed by atoms with Crippen LogP contribution in [0.1, 0.15) is 49.9 Å². The van der Waals surface area contributed by atoms with Crippen LogP contribution in [-0.2, 0) is 9.47 Å². The first-order valence-electron chi connectivity index (χ1n) is 7.67. The number of allylic oxidation sites excluding steroid dienone is 1. The van der Waals surface area contributed by atoms with Gasteiger partial charge in [-0.1, -0.05) is 6.07 Å². The van der Waals surface area contributed by atoms with Gasteiger partial charge in [-0.3, -0.25) is 9.78 Å². The van der Waals surface area contributed by atoms with E-state index in [1.54, 1.807) is 19.9 Å². The summed E-state index contributed by atoms with van der Waals surface area (Å²) in [5.74, 6) is -1.77. The fourth-order valence-electron chi connectivity index (χ4n) is 1.97. The summed E-state index contributed by atoms with van der Waals surface area (Å²) in [6.07, 6.45) is 4.20. The molecule has 0 atom stereocenters. The van der Waals surface area contributed by atoms with Gasteiger partial charge in [-0.05, 0) is 43.5 Å². The topological polar surface area (TPSA) is 82.6 Å². The number of rotatable bonds is 7. The maximum Gasteiger partial charge on any atom is 0.340 e. The second-order valence-electron chi connectivity index (χ2n) is 4.77. The van der Waals surface area contributed by atoms with E-state index in [0.29, 0.717) is 0 Å². The van der Waals surface area contributed by atoms with Crippen LogP contribution in [0.5, 0.6) is 0 Å².